The lowest BCUT2D eigenvalue weighted by Gasteiger charge is -2.04. The molecule has 8 nitrogen and oxygen atoms in total. The second-order valence-electron chi connectivity index (χ2n) is 6.27. The number of hydrogen-bond acceptors (Lipinski definition) is 5. The number of benzene rings is 2. The second kappa shape index (κ2) is 7.43. The minimum Gasteiger partial charge on any atom is -0.454 e. The number of nitrogens with one attached hydrogen (secondary N) is 2. The van der Waals surface area contributed by atoms with Crippen LogP contribution in [0.3, 0.4) is 0 Å². The summed E-state index contributed by atoms with van der Waals surface area (Å²) in [5.74, 6) is 1.08. The van der Waals surface area contributed by atoms with Gasteiger partial charge in [0.15, 0.2) is 17.2 Å². The first-order valence-corrected chi connectivity index (χ1v) is 8.67. The van der Waals surface area contributed by atoms with E-state index in [2.05, 4.69) is 15.7 Å². The van der Waals surface area contributed by atoms with Gasteiger partial charge in [0, 0.05) is 24.9 Å². The van der Waals surface area contributed by atoms with E-state index in [4.69, 9.17) is 9.47 Å². The van der Waals surface area contributed by atoms with Gasteiger partial charge in [-0.1, -0.05) is 30.3 Å². The topological polar surface area (TPSA) is 94.5 Å². The molecule has 0 atom stereocenters. The molecule has 0 radical (unpaired) electrons. The fourth-order valence-corrected chi connectivity index (χ4v) is 2.83. The van der Waals surface area contributed by atoms with Crippen LogP contribution in [0, 0.1) is 0 Å². The van der Waals surface area contributed by atoms with E-state index in [1.165, 1.54) is 10.7 Å². The molecule has 0 fully saturated rings. The average molecular weight is 378 g/mol. The van der Waals surface area contributed by atoms with Crippen molar-refractivity contribution < 1.29 is 19.1 Å². The molecule has 1 aliphatic heterocycles. The van der Waals surface area contributed by atoms with Crippen LogP contribution in [-0.2, 0) is 18.3 Å². The number of aromatic nitrogens is 2. The number of aryl methyl sites for hydroxylation is 1. The monoisotopic (exact) mass is 378 g/mol. The van der Waals surface area contributed by atoms with Crippen molar-refractivity contribution in [2.45, 2.75) is 6.42 Å². The predicted molar refractivity (Wildman–Crippen MR) is 103 cm³/mol. The third kappa shape index (κ3) is 3.80. The van der Waals surface area contributed by atoms with E-state index in [0.717, 1.165) is 5.56 Å². The minimum atomic E-state index is -0.391. The van der Waals surface area contributed by atoms with Gasteiger partial charge >= 0.3 is 0 Å². The Kier molecular flexibility index (Phi) is 4.67. The number of anilines is 2. The third-order valence-electron chi connectivity index (χ3n) is 4.22. The molecule has 2 aromatic carbocycles. The normalized spacial score (nSPS) is 11.9. The van der Waals surface area contributed by atoms with E-state index in [1.54, 1.807) is 25.2 Å². The van der Waals surface area contributed by atoms with E-state index in [0.29, 0.717) is 23.0 Å². The molecule has 2 N–H and O–H groups in total. The number of ether oxygens (including phenoxy) is 2. The Bertz CT molecular complexity index is 1030. The van der Waals surface area contributed by atoms with E-state index < -0.39 is 5.91 Å². The molecule has 3 aromatic rings. The summed E-state index contributed by atoms with van der Waals surface area (Å²) in [7, 11) is 1.66. The van der Waals surface area contributed by atoms with Crippen molar-refractivity contribution in [2.24, 2.45) is 7.05 Å². The van der Waals surface area contributed by atoms with Gasteiger partial charge in [0.2, 0.25) is 12.7 Å². The van der Waals surface area contributed by atoms with Gasteiger partial charge < -0.3 is 20.1 Å². The molecule has 1 aromatic heterocycles. The molecule has 0 unspecified atom stereocenters. The fourth-order valence-electron chi connectivity index (χ4n) is 2.83. The van der Waals surface area contributed by atoms with E-state index in [-0.39, 0.29) is 24.8 Å². The maximum Gasteiger partial charge on any atom is 0.276 e. The van der Waals surface area contributed by atoms with Crippen molar-refractivity contribution in [1.29, 1.82) is 0 Å². The number of carbonyl (C=O) groups is 2. The fraction of sp³-hybridized carbons (Fsp3) is 0.150. The molecule has 0 aliphatic carbocycles. The number of nitrogens with zero attached hydrogens (tertiary/aromatic N) is 2. The molecule has 0 saturated heterocycles. The van der Waals surface area contributed by atoms with Crippen LogP contribution in [0.4, 0.5) is 11.5 Å². The Labute approximate surface area is 161 Å². The highest BCUT2D eigenvalue weighted by Crippen LogP contribution is 2.34. The van der Waals surface area contributed by atoms with Crippen molar-refractivity contribution in [3.8, 4) is 11.5 Å². The Hall–Kier alpha value is -3.81. The van der Waals surface area contributed by atoms with Crippen LogP contribution in [0.2, 0.25) is 0 Å². The van der Waals surface area contributed by atoms with Crippen LogP contribution in [-0.4, -0.2) is 28.4 Å². The van der Waals surface area contributed by atoms with Crippen molar-refractivity contribution in [3.63, 3.8) is 0 Å². The molecule has 0 saturated carbocycles. The van der Waals surface area contributed by atoms with Crippen LogP contribution < -0.4 is 20.1 Å². The van der Waals surface area contributed by atoms with Gasteiger partial charge in [-0.3, -0.25) is 14.3 Å². The highest BCUT2D eigenvalue weighted by atomic mass is 16.7. The Morgan fingerprint density at radius 1 is 1.04 bits per heavy atom. The molecule has 28 heavy (non-hydrogen) atoms. The molecule has 8 heteroatoms. The van der Waals surface area contributed by atoms with Gasteiger partial charge in [0.05, 0.1) is 6.42 Å². The van der Waals surface area contributed by atoms with Gasteiger partial charge in [-0.2, -0.15) is 5.10 Å². The van der Waals surface area contributed by atoms with Crippen molar-refractivity contribution in [3.05, 3.63) is 65.9 Å². The Morgan fingerprint density at radius 3 is 2.64 bits per heavy atom. The number of amides is 2. The number of rotatable bonds is 5. The molecule has 0 bridgehead atoms. The van der Waals surface area contributed by atoms with E-state index >= 15 is 0 Å². The molecule has 142 valence electrons. The Balaban J connectivity index is 1.42. The van der Waals surface area contributed by atoms with Crippen LogP contribution in [0.25, 0.3) is 0 Å². The van der Waals surface area contributed by atoms with Gasteiger partial charge in [-0.05, 0) is 17.7 Å². The van der Waals surface area contributed by atoms with Crippen molar-refractivity contribution in [2.75, 3.05) is 17.4 Å². The maximum absolute atomic E-state index is 12.5. The van der Waals surface area contributed by atoms with Crippen LogP contribution in [0.1, 0.15) is 16.1 Å². The molecule has 2 heterocycles. The first-order valence-electron chi connectivity index (χ1n) is 8.67. The summed E-state index contributed by atoms with van der Waals surface area (Å²) in [5, 5.41) is 9.71. The van der Waals surface area contributed by atoms with E-state index in [9.17, 15) is 9.59 Å². The summed E-state index contributed by atoms with van der Waals surface area (Å²) in [4.78, 5) is 24.7. The van der Waals surface area contributed by atoms with Crippen molar-refractivity contribution in [1.82, 2.24) is 9.78 Å². The zero-order chi connectivity index (χ0) is 19.5. The summed E-state index contributed by atoms with van der Waals surface area (Å²) >= 11 is 0. The number of hydrogen-bond donors (Lipinski definition) is 2. The third-order valence-corrected chi connectivity index (χ3v) is 4.22. The van der Waals surface area contributed by atoms with Gasteiger partial charge in [0.25, 0.3) is 5.91 Å². The molecule has 4 rings (SSSR count). The largest absolute Gasteiger partial charge is 0.454 e. The van der Waals surface area contributed by atoms with Crippen molar-refractivity contribution >= 4 is 23.3 Å². The molecule has 2 amide bonds. The first-order chi connectivity index (χ1) is 13.6. The van der Waals surface area contributed by atoms with Crippen LogP contribution in [0.5, 0.6) is 11.5 Å². The van der Waals surface area contributed by atoms with Gasteiger partial charge in [-0.25, -0.2) is 0 Å². The molecular weight excluding hydrogens is 360 g/mol. The van der Waals surface area contributed by atoms with Crippen LogP contribution >= 0.6 is 0 Å². The second-order valence-corrected chi connectivity index (χ2v) is 6.27. The summed E-state index contributed by atoms with van der Waals surface area (Å²) in [6.45, 7) is 0.166. The highest BCUT2D eigenvalue weighted by Gasteiger charge is 2.17. The number of fused-ring (bicyclic) bond motifs is 1. The van der Waals surface area contributed by atoms with Gasteiger partial charge in [-0.15, -0.1) is 0 Å². The SMILES string of the molecule is Cn1nc(C(=O)Nc2ccc3c(c2)OCO3)cc1NC(=O)Cc1ccccc1. The maximum atomic E-state index is 12.5. The Morgan fingerprint density at radius 2 is 1.82 bits per heavy atom. The lowest BCUT2D eigenvalue weighted by Crippen LogP contribution is -2.16. The minimum absolute atomic E-state index is 0.166. The molecule has 0 spiro atoms. The summed E-state index contributed by atoms with van der Waals surface area (Å²) in [6.07, 6.45) is 0.241. The van der Waals surface area contributed by atoms with Crippen LogP contribution in [0.15, 0.2) is 54.6 Å². The van der Waals surface area contributed by atoms with E-state index in [1.807, 2.05) is 30.3 Å². The summed E-state index contributed by atoms with van der Waals surface area (Å²) < 4.78 is 12.0. The highest BCUT2D eigenvalue weighted by molar-refractivity contribution is 6.04. The lowest BCUT2D eigenvalue weighted by molar-refractivity contribution is -0.115. The lowest BCUT2D eigenvalue weighted by atomic mass is 10.1. The smallest absolute Gasteiger partial charge is 0.276 e. The van der Waals surface area contributed by atoms with Gasteiger partial charge in [0.1, 0.15) is 5.82 Å². The number of carbonyl (C=O) groups excluding carboxylic acids is 2. The zero-order valence-corrected chi connectivity index (χ0v) is 15.1. The summed E-state index contributed by atoms with van der Waals surface area (Å²) in [6, 6.07) is 16.1. The average Bonchev–Trinajstić information content (AvgIpc) is 3.29. The standard InChI is InChI=1S/C20H18N4O4/c1-24-18(22-19(25)9-13-5-3-2-4-6-13)11-15(23-24)20(26)21-14-7-8-16-17(10-14)28-12-27-16/h2-8,10-11H,9,12H2,1H3,(H,21,26)(H,22,25). The first kappa shape index (κ1) is 17.6. The molecule has 1 aliphatic rings. The molecular formula is C20H18N4O4. The quantitative estimate of drug-likeness (QED) is 0.712. The predicted octanol–water partition coefficient (Wildman–Crippen LogP) is 2.58. The summed E-state index contributed by atoms with van der Waals surface area (Å²) in [5.41, 5.74) is 1.66. The zero-order valence-electron chi connectivity index (χ0n) is 15.1.